The molecule has 1 aromatic carbocycles. The minimum Gasteiger partial charge on any atom is -0.490 e. The maximum Gasteiger partial charge on any atom is 0.224 e. The number of hydrogen-bond donors (Lipinski definition) is 1. The molecule has 1 saturated heterocycles. The van der Waals surface area contributed by atoms with Gasteiger partial charge < -0.3 is 15.4 Å². The topological polar surface area (TPSA) is 55.6 Å². The van der Waals surface area contributed by atoms with Gasteiger partial charge in [0.25, 0.3) is 0 Å². The average Bonchev–Trinajstić information content (AvgIpc) is 2.40. The number of nitrogens with zero attached hydrogens (tertiary/aromatic N) is 1. The lowest BCUT2D eigenvalue weighted by Crippen LogP contribution is -2.43. The van der Waals surface area contributed by atoms with E-state index in [1.54, 1.807) is 0 Å². The SMILES string of the molecule is C[C@@H](N)CC(=O)N1CCC(Oc2ccccc2)CC1. The monoisotopic (exact) mass is 262 g/mol. The van der Waals surface area contributed by atoms with Crippen LogP contribution in [0.25, 0.3) is 0 Å². The standard InChI is InChI=1S/C15H22N2O2/c1-12(16)11-15(18)17-9-7-14(8-10-17)19-13-5-3-2-4-6-13/h2-6,12,14H,7-11,16H2,1H3/t12-/m1/s1. The molecule has 2 N–H and O–H groups in total. The quantitative estimate of drug-likeness (QED) is 0.900. The van der Waals surface area contributed by atoms with Gasteiger partial charge in [-0.25, -0.2) is 0 Å². The van der Waals surface area contributed by atoms with Crippen molar-refractivity contribution < 1.29 is 9.53 Å². The fourth-order valence-electron chi connectivity index (χ4n) is 2.32. The largest absolute Gasteiger partial charge is 0.490 e. The van der Waals surface area contributed by atoms with Crippen LogP contribution in [-0.2, 0) is 4.79 Å². The molecule has 0 saturated carbocycles. The molecule has 1 amide bonds. The number of para-hydroxylation sites is 1. The highest BCUT2D eigenvalue weighted by Gasteiger charge is 2.24. The Morgan fingerprint density at radius 1 is 1.37 bits per heavy atom. The zero-order chi connectivity index (χ0) is 13.7. The fraction of sp³-hybridized carbons (Fsp3) is 0.533. The number of likely N-dealkylation sites (tertiary alicyclic amines) is 1. The number of nitrogens with two attached hydrogens (primary N) is 1. The summed E-state index contributed by atoms with van der Waals surface area (Å²) in [7, 11) is 0. The van der Waals surface area contributed by atoms with Crippen molar-refractivity contribution in [2.45, 2.75) is 38.3 Å². The van der Waals surface area contributed by atoms with Crippen LogP contribution in [0.4, 0.5) is 0 Å². The highest BCUT2D eigenvalue weighted by Crippen LogP contribution is 2.19. The van der Waals surface area contributed by atoms with E-state index in [2.05, 4.69) is 0 Å². The first-order valence-corrected chi connectivity index (χ1v) is 6.90. The Balaban J connectivity index is 1.78. The van der Waals surface area contributed by atoms with Gasteiger partial charge in [0.05, 0.1) is 0 Å². The third kappa shape index (κ3) is 4.24. The van der Waals surface area contributed by atoms with Crippen molar-refractivity contribution in [2.75, 3.05) is 13.1 Å². The van der Waals surface area contributed by atoms with Gasteiger partial charge in [0, 0.05) is 38.4 Å². The lowest BCUT2D eigenvalue weighted by Gasteiger charge is -2.32. The molecule has 4 nitrogen and oxygen atoms in total. The molecular formula is C15H22N2O2. The summed E-state index contributed by atoms with van der Waals surface area (Å²) in [4.78, 5) is 13.8. The van der Waals surface area contributed by atoms with Gasteiger partial charge >= 0.3 is 0 Å². The molecule has 0 bridgehead atoms. The first kappa shape index (κ1) is 13.9. The number of piperidine rings is 1. The second kappa shape index (κ2) is 6.57. The maximum absolute atomic E-state index is 11.9. The summed E-state index contributed by atoms with van der Waals surface area (Å²) in [5.41, 5.74) is 5.66. The van der Waals surface area contributed by atoms with Gasteiger partial charge in [0.15, 0.2) is 0 Å². The molecule has 0 spiro atoms. The molecule has 0 unspecified atom stereocenters. The zero-order valence-corrected chi connectivity index (χ0v) is 11.4. The van der Waals surface area contributed by atoms with Crippen molar-refractivity contribution in [1.82, 2.24) is 4.90 Å². The summed E-state index contributed by atoms with van der Waals surface area (Å²) in [6.45, 7) is 3.40. The van der Waals surface area contributed by atoms with Crippen LogP contribution < -0.4 is 10.5 Å². The van der Waals surface area contributed by atoms with E-state index in [1.165, 1.54) is 0 Å². The van der Waals surface area contributed by atoms with E-state index in [1.807, 2.05) is 42.2 Å². The normalized spacial score (nSPS) is 18.1. The fourth-order valence-corrected chi connectivity index (χ4v) is 2.32. The van der Waals surface area contributed by atoms with Crippen molar-refractivity contribution in [2.24, 2.45) is 5.73 Å². The van der Waals surface area contributed by atoms with E-state index in [-0.39, 0.29) is 18.1 Å². The van der Waals surface area contributed by atoms with Crippen LogP contribution in [-0.4, -0.2) is 36.0 Å². The summed E-state index contributed by atoms with van der Waals surface area (Å²) in [6.07, 6.45) is 2.42. The molecule has 4 heteroatoms. The van der Waals surface area contributed by atoms with E-state index in [4.69, 9.17) is 10.5 Å². The van der Waals surface area contributed by atoms with Crippen molar-refractivity contribution in [1.29, 1.82) is 0 Å². The predicted molar refractivity (Wildman–Crippen MR) is 74.9 cm³/mol. The summed E-state index contributed by atoms with van der Waals surface area (Å²) < 4.78 is 5.90. The number of amides is 1. The zero-order valence-electron chi connectivity index (χ0n) is 11.4. The third-order valence-electron chi connectivity index (χ3n) is 3.34. The smallest absolute Gasteiger partial charge is 0.224 e. The average molecular weight is 262 g/mol. The van der Waals surface area contributed by atoms with E-state index >= 15 is 0 Å². The van der Waals surface area contributed by atoms with Crippen LogP contribution >= 0.6 is 0 Å². The van der Waals surface area contributed by atoms with Gasteiger partial charge in [-0.05, 0) is 19.1 Å². The lowest BCUT2D eigenvalue weighted by molar-refractivity contribution is -0.133. The summed E-state index contributed by atoms with van der Waals surface area (Å²) >= 11 is 0. The van der Waals surface area contributed by atoms with Gasteiger partial charge in [0.2, 0.25) is 5.91 Å². The van der Waals surface area contributed by atoms with Gasteiger partial charge in [-0.2, -0.15) is 0 Å². The molecule has 1 aliphatic heterocycles. The minimum atomic E-state index is -0.0641. The Morgan fingerprint density at radius 3 is 2.58 bits per heavy atom. The molecule has 2 rings (SSSR count). The lowest BCUT2D eigenvalue weighted by atomic mass is 10.1. The molecule has 1 fully saturated rings. The number of carbonyl (C=O) groups is 1. The summed E-state index contributed by atoms with van der Waals surface area (Å²) in [5, 5.41) is 0. The molecule has 1 heterocycles. The number of benzene rings is 1. The van der Waals surface area contributed by atoms with Gasteiger partial charge in [0.1, 0.15) is 11.9 Å². The second-order valence-corrected chi connectivity index (χ2v) is 5.19. The predicted octanol–water partition coefficient (Wildman–Crippen LogP) is 1.79. The Morgan fingerprint density at radius 2 is 2.00 bits per heavy atom. The first-order chi connectivity index (χ1) is 9.15. The molecular weight excluding hydrogens is 240 g/mol. The Labute approximate surface area is 114 Å². The van der Waals surface area contributed by atoms with Crippen LogP contribution in [0.3, 0.4) is 0 Å². The van der Waals surface area contributed by atoms with Crippen LogP contribution in [0, 0.1) is 0 Å². The third-order valence-corrected chi connectivity index (χ3v) is 3.34. The van der Waals surface area contributed by atoms with E-state index < -0.39 is 0 Å². The molecule has 1 atom stereocenters. The van der Waals surface area contributed by atoms with Crippen molar-refractivity contribution in [3.63, 3.8) is 0 Å². The van der Waals surface area contributed by atoms with Crippen LogP contribution in [0.5, 0.6) is 5.75 Å². The van der Waals surface area contributed by atoms with Crippen molar-refractivity contribution in [3.05, 3.63) is 30.3 Å². The summed E-state index contributed by atoms with van der Waals surface area (Å²) in [6, 6.07) is 9.78. The molecule has 19 heavy (non-hydrogen) atoms. The molecule has 0 aliphatic carbocycles. The minimum absolute atomic E-state index is 0.0641. The molecule has 104 valence electrons. The molecule has 1 aromatic rings. The number of carbonyl (C=O) groups excluding carboxylic acids is 1. The molecule has 0 radical (unpaired) electrons. The first-order valence-electron chi connectivity index (χ1n) is 6.90. The van der Waals surface area contributed by atoms with E-state index in [0.717, 1.165) is 31.7 Å². The molecule has 0 aromatic heterocycles. The highest BCUT2D eigenvalue weighted by molar-refractivity contribution is 5.76. The Hall–Kier alpha value is -1.55. The van der Waals surface area contributed by atoms with Crippen molar-refractivity contribution >= 4 is 5.91 Å². The number of ether oxygens (including phenoxy) is 1. The van der Waals surface area contributed by atoms with Gasteiger partial charge in [-0.1, -0.05) is 18.2 Å². The number of hydrogen-bond acceptors (Lipinski definition) is 3. The van der Waals surface area contributed by atoms with E-state index in [0.29, 0.717) is 6.42 Å². The van der Waals surface area contributed by atoms with E-state index in [9.17, 15) is 4.79 Å². The van der Waals surface area contributed by atoms with Crippen LogP contribution in [0.2, 0.25) is 0 Å². The Bertz CT molecular complexity index is 398. The maximum atomic E-state index is 11.9. The Kier molecular flexibility index (Phi) is 4.80. The molecule has 1 aliphatic rings. The van der Waals surface area contributed by atoms with Crippen molar-refractivity contribution in [3.8, 4) is 5.75 Å². The summed E-state index contributed by atoms with van der Waals surface area (Å²) in [5.74, 6) is 1.07. The highest BCUT2D eigenvalue weighted by atomic mass is 16.5. The second-order valence-electron chi connectivity index (χ2n) is 5.19. The van der Waals surface area contributed by atoms with Crippen LogP contribution in [0.1, 0.15) is 26.2 Å². The van der Waals surface area contributed by atoms with Gasteiger partial charge in [-0.3, -0.25) is 4.79 Å². The van der Waals surface area contributed by atoms with Gasteiger partial charge in [-0.15, -0.1) is 0 Å². The number of rotatable bonds is 4. The van der Waals surface area contributed by atoms with Crippen LogP contribution in [0.15, 0.2) is 30.3 Å².